The zero-order valence-corrected chi connectivity index (χ0v) is 19.1. The summed E-state index contributed by atoms with van der Waals surface area (Å²) in [5, 5.41) is 12.9. The Hall–Kier alpha value is -2.12. The highest BCUT2D eigenvalue weighted by atomic mass is 16.3. The molecule has 0 aromatic heterocycles. The average molecular weight is 418 g/mol. The average Bonchev–Trinajstić information content (AvgIpc) is 2.74. The van der Waals surface area contributed by atoms with E-state index in [1.165, 1.54) is 5.56 Å². The standard InChI is InChI=1S/C23H39N5O2/c1-5-24-23(26(4)18-22(30)28(6-2)7-3)25-16-19-8-10-20(11-9-19)17-27-14-12-21(29)13-15-27/h8-11,21,29H,5-7,12-18H2,1-4H3,(H,24,25). The predicted octanol–water partition coefficient (Wildman–Crippen LogP) is 1.91. The Labute approximate surface area is 181 Å². The number of aliphatic imine (C=N–C) groups is 1. The molecule has 1 aliphatic heterocycles. The highest BCUT2D eigenvalue weighted by molar-refractivity contribution is 5.86. The molecule has 1 heterocycles. The van der Waals surface area contributed by atoms with Gasteiger partial charge in [-0.1, -0.05) is 24.3 Å². The zero-order valence-electron chi connectivity index (χ0n) is 19.1. The number of nitrogens with zero attached hydrogens (tertiary/aromatic N) is 4. The van der Waals surface area contributed by atoms with E-state index in [1.807, 2.05) is 37.6 Å². The Morgan fingerprint density at radius 2 is 1.73 bits per heavy atom. The molecule has 1 saturated heterocycles. The van der Waals surface area contributed by atoms with Crippen LogP contribution in [0.5, 0.6) is 0 Å². The van der Waals surface area contributed by atoms with Gasteiger partial charge in [-0.2, -0.15) is 0 Å². The van der Waals surface area contributed by atoms with Crippen LogP contribution >= 0.6 is 0 Å². The number of amides is 1. The van der Waals surface area contributed by atoms with Crippen molar-refractivity contribution in [3.63, 3.8) is 0 Å². The van der Waals surface area contributed by atoms with Gasteiger partial charge in [-0.3, -0.25) is 9.69 Å². The van der Waals surface area contributed by atoms with Gasteiger partial charge in [-0.15, -0.1) is 0 Å². The third-order valence-electron chi connectivity index (χ3n) is 5.58. The molecule has 0 spiro atoms. The number of aliphatic hydroxyl groups excluding tert-OH is 1. The number of likely N-dealkylation sites (tertiary alicyclic amines) is 1. The molecule has 7 heteroatoms. The summed E-state index contributed by atoms with van der Waals surface area (Å²) in [5.74, 6) is 0.858. The summed E-state index contributed by atoms with van der Waals surface area (Å²) in [6.07, 6.45) is 1.60. The largest absolute Gasteiger partial charge is 0.393 e. The summed E-state index contributed by atoms with van der Waals surface area (Å²) < 4.78 is 0. The summed E-state index contributed by atoms with van der Waals surface area (Å²) in [6.45, 7) is 12.0. The molecule has 1 aromatic carbocycles. The lowest BCUT2D eigenvalue weighted by molar-refractivity contribution is -0.131. The summed E-state index contributed by atoms with van der Waals surface area (Å²) in [4.78, 5) is 23.2. The van der Waals surface area contributed by atoms with Crippen LogP contribution in [-0.4, -0.2) is 84.1 Å². The third-order valence-corrected chi connectivity index (χ3v) is 5.58. The molecule has 0 radical (unpaired) electrons. The zero-order chi connectivity index (χ0) is 21.9. The fourth-order valence-corrected chi connectivity index (χ4v) is 3.68. The van der Waals surface area contributed by atoms with E-state index in [9.17, 15) is 9.90 Å². The van der Waals surface area contributed by atoms with Gasteiger partial charge >= 0.3 is 0 Å². The molecule has 0 unspecified atom stereocenters. The number of benzene rings is 1. The summed E-state index contributed by atoms with van der Waals surface area (Å²) >= 11 is 0. The van der Waals surface area contributed by atoms with E-state index in [0.29, 0.717) is 13.1 Å². The topological polar surface area (TPSA) is 71.4 Å². The Kier molecular flexibility index (Phi) is 10.1. The van der Waals surface area contributed by atoms with Gasteiger partial charge in [0.25, 0.3) is 0 Å². The van der Waals surface area contributed by atoms with Crippen molar-refractivity contribution in [2.45, 2.75) is 52.8 Å². The van der Waals surface area contributed by atoms with E-state index in [2.05, 4.69) is 34.5 Å². The highest BCUT2D eigenvalue weighted by Crippen LogP contribution is 2.14. The molecule has 0 bridgehead atoms. The molecule has 0 aliphatic carbocycles. The normalized spacial score (nSPS) is 15.8. The monoisotopic (exact) mass is 417 g/mol. The van der Waals surface area contributed by atoms with Gasteiger partial charge in [-0.05, 0) is 44.7 Å². The molecule has 2 N–H and O–H groups in total. The van der Waals surface area contributed by atoms with Crippen LogP contribution in [-0.2, 0) is 17.9 Å². The van der Waals surface area contributed by atoms with Crippen molar-refractivity contribution >= 4 is 11.9 Å². The van der Waals surface area contributed by atoms with E-state index in [0.717, 1.165) is 63.6 Å². The van der Waals surface area contributed by atoms with Gasteiger partial charge in [0.15, 0.2) is 5.96 Å². The molecule has 30 heavy (non-hydrogen) atoms. The minimum Gasteiger partial charge on any atom is -0.393 e. The Balaban J connectivity index is 1.92. The van der Waals surface area contributed by atoms with Crippen LogP contribution in [0.3, 0.4) is 0 Å². The molecule has 1 aliphatic rings. The SMILES string of the molecule is CCNC(=NCc1ccc(CN2CCC(O)CC2)cc1)N(C)CC(=O)N(CC)CC. The van der Waals surface area contributed by atoms with Crippen LogP contribution < -0.4 is 5.32 Å². The number of carbonyl (C=O) groups is 1. The molecule has 1 amide bonds. The second kappa shape index (κ2) is 12.5. The number of hydrogen-bond donors (Lipinski definition) is 2. The van der Waals surface area contributed by atoms with Crippen LogP contribution in [0, 0.1) is 0 Å². The number of piperidine rings is 1. The molecule has 0 atom stereocenters. The first-order chi connectivity index (χ1) is 14.5. The number of likely N-dealkylation sites (N-methyl/N-ethyl adjacent to an activating group) is 2. The smallest absolute Gasteiger partial charge is 0.242 e. The molecule has 168 valence electrons. The Bertz CT molecular complexity index is 665. The van der Waals surface area contributed by atoms with Gasteiger partial charge in [0.2, 0.25) is 5.91 Å². The van der Waals surface area contributed by atoms with Crippen LogP contribution in [0.4, 0.5) is 0 Å². The lowest BCUT2D eigenvalue weighted by Gasteiger charge is -2.29. The number of rotatable bonds is 9. The fraction of sp³-hybridized carbons (Fsp3) is 0.652. The highest BCUT2D eigenvalue weighted by Gasteiger charge is 2.17. The Morgan fingerprint density at radius 3 is 2.30 bits per heavy atom. The van der Waals surface area contributed by atoms with E-state index in [-0.39, 0.29) is 12.0 Å². The van der Waals surface area contributed by atoms with E-state index in [4.69, 9.17) is 4.99 Å². The number of carbonyl (C=O) groups excluding carboxylic acids is 1. The van der Waals surface area contributed by atoms with Gasteiger partial charge in [0.1, 0.15) is 0 Å². The second-order valence-corrected chi connectivity index (χ2v) is 7.92. The molecule has 7 nitrogen and oxygen atoms in total. The van der Waals surface area contributed by atoms with Crippen LogP contribution in [0.2, 0.25) is 0 Å². The van der Waals surface area contributed by atoms with E-state index < -0.39 is 0 Å². The summed E-state index contributed by atoms with van der Waals surface area (Å²) in [6, 6.07) is 8.58. The number of aliphatic hydroxyl groups is 1. The maximum atomic E-state index is 12.4. The van der Waals surface area contributed by atoms with Gasteiger partial charge in [-0.25, -0.2) is 4.99 Å². The van der Waals surface area contributed by atoms with Crippen molar-refractivity contribution in [1.29, 1.82) is 0 Å². The number of nitrogens with one attached hydrogen (secondary N) is 1. The summed E-state index contributed by atoms with van der Waals surface area (Å²) in [5.41, 5.74) is 2.43. The van der Waals surface area contributed by atoms with Crippen molar-refractivity contribution in [2.75, 3.05) is 46.3 Å². The molecular formula is C23H39N5O2. The number of guanidine groups is 1. The van der Waals surface area contributed by atoms with Gasteiger partial charge < -0.3 is 20.2 Å². The lowest BCUT2D eigenvalue weighted by Crippen LogP contribution is -2.45. The van der Waals surface area contributed by atoms with Gasteiger partial charge in [0.05, 0.1) is 19.2 Å². The summed E-state index contributed by atoms with van der Waals surface area (Å²) in [7, 11) is 1.90. The molecule has 1 fully saturated rings. The fourth-order valence-electron chi connectivity index (χ4n) is 3.68. The van der Waals surface area contributed by atoms with Crippen LogP contribution in [0.15, 0.2) is 29.3 Å². The van der Waals surface area contributed by atoms with Crippen molar-refractivity contribution in [3.8, 4) is 0 Å². The minimum atomic E-state index is -0.132. The number of hydrogen-bond acceptors (Lipinski definition) is 4. The first-order valence-corrected chi connectivity index (χ1v) is 11.2. The first-order valence-electron chi connectivity index (χ1n) is 11.2. The first kappa shape index (κ1) is 24.2. The molecular weight excluding hydrogens is 378 g/mol. The van der Waals surface area contributed by atoms with Crippen LogP contribution in [0.25, 0.3) is 0 Å². The Morgan fingerprint density at radius 1 is 1.13 bits per heavy atom. The lowest BCUT2D eigenvalue weighted by atomic mass is 10.1. The van der Waals surface area contributed by atoms with Crippen molar-refractivity contribution < 1.29 is 9.90 Å². The van der Waals surface area contributed by atoms with Crippen molar-refractivity contribution in [2.24, 2.45) is 4.99 Å². The maximum Gasteiger partial charge on any atom is 0.242 e. The van der Waals surface area contributed by atoms with Gasteiger partial charge in [0, 0.05) is 46.3 Å². The third kappa shape index (κ3) is 7.61. The van der Waals surface area contributed by atoms with E-state index in [1.54, 1.807) is 0 Å². The van der Waals surface area contributed by atoms with Crippen molar-refractivity contribution in [3.05, 3.63) is 35.4 Å². The second-order valence-electron chi connectivity index (χ2n) is 7.92. The van der Waals surface area contributed by atoms with Crippen LogP contribution in [0.1, 0.15) is 44.7 Å². The molecule has 2 rings (SSSR count). The molecule has 1 aromatic rings. The predicted molar refractivity (Wildman–Crippen MR) is 122 cm³/mol. The maximum absolute atomic E-state index is 12.4. The van der Waals surface area contributed by atoms with E-state index >= 15 is 0 Å². The molecule has 0 saturated carbocycles. The quantitative estimate of drug-likeness (QED) is 0.474. The minimum absolute atomic E-state index is 0.114. The van der Waals surface area contributed by atoms with Crippen molar-refractivity contribution in [1.82, 2.24) is 20.0 Å².